The Kier molecular flexibility index (Phi) is 5.96. The van der Waals surface area contributed by atoms with Gasteiger partial charge in [0.05, 0.1) is 21.3 Å². The number of rotatable bonds is 5. The van der Waals surface area contributed by atoms with Crippen molar-refractivity contribution in [3.05, 3.63) is 85.9 Å². The molecule has 1 amide bonds. The molecule has 0 aliphatic rings. The summed E-state index contributed by atoms with van der Waals surface area (Å²) in [5, 5.41) is 4.99. The molecule has 2 N–H and O–H groups in total. The molecule has 3 rings (SSSR count). The largest absolute Gasteiger partial charge is 0.321 e. The van der Waals surface area contributed by atoms with Gasteiger partial charge in [-0.3, -0.25) is 19.5 Å². The minimum atomic E-state index is -2.71. The Labute approximate surface area is 166 Å². The fourth-order valence-electron chi connectivity index (χ4n) is 2.41. The van der Waals surface area contributed by atoms with E-state index in [0.29, 0.717) is 0 Å². The first-order chi connectivity index (χ1) is 13.3. The van der Waals surface area contributed by atoms with E-state index in [-0.39, 0.29) is 38.6 Å². The first kappa shape index (κ1) is 19.8. The number of amides is 1. The van der Waals surface area contributed by atoms with E-state index in [4.69, 9.17) is 11.6 Å². The molecule has 0 unspecified atom stereocenters. The second kappa shape index (κ2) is 8.41. The van der Waals surface area contributed by atoms with Gasteiger partial charge in [-0.1, -0.05) is 35.5 Å². The summed E-state index contributed by atoms with van der Waals surface area (Å²) < 4.78 is 26.6. The highest BCUT2D eigenvalue weighted by Crippen LogP contribution is 2.37. The average Bonchev–Trinajstić information content (AvgIpc) is 2.66. The Morgan fingerprint density at radius 3 is 2.61 bits per heavy atom. The summed E-state index contributed by atoms with van der Waals surface area (Å²) in [5.41, 5.74) is -0.408. The van der Waals surface area contributed by atoms with E-state index in [1.165, 1.54) is 42.5 Å². The Bertz CT molecular complexity index is 1150. The van der Waals surface area contributed by atoms with E-state index in [9.17, 15) is 23.2 Å². The van der Waals surface area contributed by atoms with Crippen molar-refractivity contribution in [3.63, 3.8) is 0 Å². The molecule has 10 heteroatoms. The molecule has 28 heavy (non-hydrogen) atoms. The number of H-pyrrole nitrogens is 1. The zero-order valence-corrected chi connectivity index (χ0v) is 15.6. The van der Waals surface area contributed by atoms with E-state index >= 15 is 0 Å². The third-order valence-electron chi connectivity index (χ3n) is 3.61. The van der Waals surface area contributed by atoms with Crippen LogP contribution < -0.4 is 16.4 Å². The summed E-state index contributed by atoms with van der Waals surface area (Å²) >= 11 is 6.19. The number of alkyl halides is 2. The fraction of sp³-hybridized carbons (Fsp3) is 0.0556. The Morgan fingerprint density at radius 2 is 1.86 bits per heavy atom. The SMILES string of the molecule is O=C(Nc1cccc(Cl)c1SC(F)F)c1cccc(-n2[nH]c(=O)ccc2=O)c1. The number of thioether (sulfide) groups is 1. The molecule has 2 aromatic carbocycles. The predicted octanol–water partition coefficient (Wildman–Crippen LogP) is 3.75. The second-order valence-electron chi connectivity index (χ2n) is 5.48. The molecule has 0 fully saturated rings. The van der Waals surface area contributed by atoms with Crippen LogP contribution in [-0.2, 0) is 0 Å². The van der Waals surface area contributed by atoms with Crippen molar-refractivity contribution < 1.29 is 13.6 Å². The van der Waals surface area contributed by atoms with Crippen LogP contribution in [0.25, 0.3) is 5.69 Å². The Morgan fingerprint density at radius 1 is 1.11 bits per heavy atom. The highest BCUT2D eigenvalue weighted by atomic mass is 35.5. The monoisotopic (exact) mass is 423 g/mol. The lowest BCUT2D eigenvalue weighted by atomic mass is 10.2. The van der Waals surface area contributed by atoms with Gasteiger partial charge in [0.2, 0.25) is 0 Å². The maximum Gasteiger partial charge on any atom is 0.289 e. The number of benzene rings is 2. The van der Waals surface area contributed by atoms with Crippen molar-refractivity contribution in [2.75, 3.05) is 5.32 Å². The van der Waals surface area contributed by atoms with Crippen LogP contribution in [0.1, 0.15) is 10.4 Å². The number of carbonyl (C=O) groups excluding carboxylic acids is 1. The molecule has 1 aromatic heterocycles. The third kappa shape index (κ3) is 4.49. The van der Waals surface area contributed by atoms with Crippen molar-refractivity contribution in [3.8, 4) is 5.69 Å². The molecule has 144 valence electrons. The number of nitrogens with zero attached hydrogens (tertiary/aromatic N) is 1. The van der Waals surface area contributed by atoms with Crippen LogP contribution >= 0.6 is 23.4 Å². The summed E-state index contributed by atoms with van der Waals surface area (Å²) in [7, 11) is 0. The molecule has 0 radical (unpaired) electrons. The normalized spacial score (nSPS) is 10.9. The number of hydrogen-bond donors (Lipinski definition) is 2. The van der Waals surface area contributed by atoms with Crippen LogP contribution in [0.15, 0.2) is 69.1 Å². The third-order valence-corrected chi connectivity index (χ3v) is 4.89. The van der Waals surface area contributed by atoms with Crippen LogP contribution in [0.5, 0.6) is 0 Å². The molecule has 6 nitrogen and oxygen atoms in total. The number of anilines is 1. The lowest BCUT2D eigenvalue weighted by Gasteiger charge is -2.12. The summed E-state index contributed by atoms with van der Waals surface area (Å²) in [5.74, 6) is -3.30. The average molecular weight is 424 g/mol. The molecule has 3 aromatic rings. The number of aromatic amines is 1. The summed E-state index contributed by atoms with van der Waals surface area (Å²) in [4.78, 5) is 36.0. The number of halogens is 3. The van der Waals surface area contributed by atoms with E-state index in [2.05, 4.69) is 10.4 Å². The quantitative estimate of drug-likeness (QED) is 0.612. The van der Waals surface area contributed by atoms with Crippen molar-refractivity contribution >= 4 is 35.0 Å². The minimum Gasteiger partial charge on any atom is -0.321 e. The topological polar surface area (TPSA) is 84.0 Å². The summed E-state index contributed by atoms with van der Waals surface area (Å²) in [6.45, 7) is 0. The molecule has 0 aliphatic carbocycles. The van der Waals surface area contributed by atoms with Gasteiger partial charge >= 0.3 is 0 Å². The molecule has 0 spiro atoms. The molecular formula is C18H12ClF2N3O3S. The molecule has 1 heterocycles. The van der Waals surface area contributed by atoms with Gasteiger partial charge in [-0.2, -0.15) is 8.78 Å². The standard InChI is InChI=1S/C18H12ClF2N3O3S/c19-12-5-2-6-13(16(12)28-18(20)21)22-17(27)10-3-1-4-11(9-10)24-15(26)8-7-14(25)23-24/h1-9,18H,(H,22,27)(H,23,25). The summed E-state index contributed by atoms with van der Waals surface area (Å²) in [6, 6.07) is 12.5. The van der Waals surface area contributed by atoms with Crippen LogP contribution in [0.2, 0.25) is 5.02 Å². The van der Waals surface area contributed by atoms with Crippen LogP contribution in [0, 0.1) is 0 Å². The van der Waals surface area contributed by atoms with Gasteiger partial charge in [-0.15, -0.1) is 0 Å². The summed E-state index contributed by atoms with van der Waals surface area (Å²) in [6.07, 6.45) is 0. The number of carbonyl (C=O) groups is 1. The highest BCUT2D eigenvalue weighted by Gasteiger charge is 2.16. The lowest BCUT2D eigenvalue weighted by molar-refractivity contribution is 0.102. The lowest BCUT2D eigenvalue weighted by Crippen LogP contribution is -2.26. The van der Waals surface area contributed by atoms with Crippen molar-refractivity contribution in [1.29, 1.82) is 0 Å². The Hall–Kier alpha value is -2.91. The van der Waals surface area contributed by atoms with Gasteiger partial charge in [0.15, 0.2) is 0 Å². The smallest absolute Gasteiger partial charge is 0.289 e. The van der Waals surface area contributed by atoms with E-state index in [1.807, 2.05) is 0 Å². The molecule has 0 aliphatic heterocycles. The van der Waals surface area contributed by atoms with E-state index in [1.54, 1.807) is 0 Å². The van der Waals surface area contributed by atoms with Gasteiger partial charge in [0.25, 0.3) is 22.8 Å². The van der Waals surface area contributed by atoms with E-state index < -0.39 is 22.8 Å². The predicted molar refractivity (Wildman–Crippen MR) is 104 cm³/mol. The number of hydrogen-bond acceptors (Lipinski definition) is 4. The van der Waals surface area contributed by atoms with Crippen molar-refractivity contribution in [1.82, 2.24) is 9.78 Å². The van der Waals surface area contributed by atoms with Gasteiger partial charge < -0.3 is 5.32 Å². The second-order valence-corrected chi connectivity index (χ2v) is 6.89. The van der Waals surface area contributed by atoms with Crippen LogP contribution in [-0.4, -0.2) is 21.4 Å². The van der Waals surface area contributed by atoms with E-state index in [0.717, 1.165) is 16.8 Å². The maximum absolute atomic E-state index is 12.8. The van der Waals surface area contributed by atoms with Crippen LogP contribution in [0.4, 0.5) is 14.5 Å². The number of nitrogens with one attached hydrogen (secondary N) is 2. The molecule has 0 bridgehead atoms. The molecular weight excluding hydrogens is 412 g/mol. The highest BCUT2D eigenvalue weighted by molar-refractivity contribution is 7.99. The van der Waals surface area contributed by atoms with Gasteiger partial charge in [-0.25, -0.2) is 4.68 Å². The Balaban J connectivity index is 1.93. The van der Waals surface area contributed by atoms with Gasteiger partial charge in [-0.05, 0) is 30.3 Å². The van der Waals surface area contributed by atoms with Crippen molar-refractivity contribution in [2.24, 2.45) is 0 Å². The van der Waals surface area contributed by atoms with Gasteiger partial charge in [0.1, 0.15) is 0 Å². The molecule has 0 atom stereocenters. The van der Waals surface area contributed by atoms with Crippen molar-refractivity contribution in [2.45, 2.75) is 10.7 Å². The van der Waals surface area contributed by atoms with Gasteiger partial charge in [0, 0.05) is 17.7 Å². The minimum absolute atomic E-state index is 0.0484. The maximum atomic E-state index is 12.8. The fourth-order valence-corrected chi connectivity index (χ4v) is 3.33. The first-order valence-electron chi connectivity index (χ1n) is 7.82. The number of aromatic nitrogens is 2. The molecule has 0 saturated carbocycles. The first-order valence-corrected chi connectivity index (χ1v) is 9.08. The zero-order valence-electron chi connectivity index (χ0n) is 14.0. The van der Waals surface area contributed by atoms with Crippen LogP contribution in [0.3, 0.4) is 0 Å². The zero-order chi connectivity index (χ0) is 20.3. The molecule has 0 saturated heterocycles.